The lowest BCUT2D eigenvalue weighted by atomic mass is 9.90. The van der Waals surface area contributed by atoms with Crippen molar-refractivity contribution >= 4 is 28.8 Å². The Bertz CT molecular complexity index is 771. The van der Waals surface area contributed by atoms with Crippen LogP contribution in [0.25, 0.3) is 5.57 Å². The normalized spacial score (nSPS) is 19.6. The number of benzene rings is 1. The zero-order chi connectivity index (χ0) is 16.6. The van der Waals surface area contributed by atoms with Crippen LogP contribution < -0.4 is 5.73 Å². The van der Waals surface area contributed by atoms with Gasteiger partial charge in [0.2, 0.25) is 0 Å². The molecule has 3 rings (SSSR count). The Morgan fingerprint density at radius 2 is 2.17 bits per heavy atom. The predicted molar refractivity (Wildman–Crippen MR) is 88.1 cm³/mol. The Balaban J connectivity index is 2.05. The highest BCUT2D eigenvalue weighted by Gasteiger charge is 2.30. The first kappa shape index (κ1) is 16.4. The lowest BCUT2D eigenvalue weighted by molar-refractivity contribution is 0.374. The summed E-state index contributed by atoms with van der Waals surface area (Å²) in [6.45, 7) is -0.0263. The van der Waals surface area contributed by atoms with E-state index in [-0.39, 0.29) is 18.5 Å². The third kappa shape index (κ3) is 3.13. The first-order valence-corrected chi connectivity index (χ1v) is 7.98. The van der Waals surface area contributed by atoms with E-state index >= 15 is 0 Å². The smallest absolute Gasteiger partial charge is 0.130 e. The van der Waals surface area contributed by atoms with Crippen molar-refractivity contribution in [3.63, 3.8) is 0 Å². The Morgan fingerprint density at radius 3 is 2.87 bits per heavy atom. The van der Waals surface area contributed by atoms with Crippen molar-refractivity contribution in [1.29, 1.82) is 0 Å². The molecule has 23 heavy (non-hydrogen) atoms. The summed E-state index contributed by atoms with van der Waals surface area (Å²) in [6.07, 6.45) is 1.03. The molecule has 1 unspecified atom stereocenters. The number of fused-ring (bicyclic) bond motifs is 1. The van der Waals surface area contributed by atoms with Crippen LogP contribution in [0.1, 0.15) is 23.2 Å². The topological polar surface area (TPSA) is 43.8 Å². The van der Waals surface area contributed by atoms with E-state index in [1.54, 1.807) is 29.1 Å². The molecular formula is C16H15Cl2F2N3. The average Bonchev–Trinajstić information content (AvgIpc) is 2.92. The molecular weight excluding hydrogens is 343 g/mol. The predicted octanol–water partition coefficient (Wildman–Crippen LogP) is 4.16. The van der Waals surface area contributed by atoms with E-state index in [1.807, 2.05) is 0 Å². The molecule has 1 aromatic heterocycles. The largest absolute Gasteiger partial charge is 0.325 e. The fourth-order valence-electron chi connectivity index (χ4n) is 2.83. The van der Waals surface area contributed by atoms with Gasteiger partial charge in [-0.15, -0.1) is 0 Å². The van der Waals surface area contributed by atoms with Crippen LogP contribution >= 0.6 is 23.2 Å². The zero-order valence-corrected chi connectivity index (χ0v) is 13.7. The first-order valence-electron chi connectivity index (χ1n) is 7.23. The monoisotopic (exact) mass is 357 g/mol. The van der Waals surface area contributed by atoms with Gasteiger partial charge in [0.25, 0.3) is 0 Å². The van der Waals surface area contributed by atoms with Gasteiger partial charge in [-0.2, -0.15) is 5.10 Å². The third-order valence-corrected chi connectivity index (χ3v) is 4.54. The van der Waals surface area contributed by atoms with E-state index in [4.69, 9.17) is 28.9 Å². The molecule has 0 aliphatic heterocycles. The van der Waals surface area contributed by atoms with Crippen LogP contribution in [0.3, 0.4) is 0 Å². The quantitative estimate of drug-likeness (QED) is 0.895. The summed E-state index contributed by atoms with van der Waals surface area (Å²) in [7, 11) is 0. The average molecular weight is 358 g/mol. The van der Waals surface area contributed by atoms with Gasteiger partial charge in [-0.05, 0) is 36.1 Å². The molecule has 0 spiro atoms. The molecule has 1 aromatic carbocycles. The standard InChI is InChI=1S/C16H15Cl2F2N3/c17-11-3-1-10(12(18)5-11)8-23-16-9(7-22-23)2-4-13(19)15(16)14(20)6-21/h1,3,5,7,13H,2,4,6,8,21H2/b15-14-. The molecule has 0 fully saturated rings. The number of nitrogens with zero attached hydrogens (tertiary/aromatic N) is 2. The van der Waals surface area contributed by atoms with Gasteiger partial charge in [-0.3, -0.25) is 4.68 Å². The number of aromatic nitrogens is 2. The molecule has 1 atom stereocenters. The summed E-state index contributed by atoms with van der Waals surface area (Å²) in [5.74, 6) is -0.637. The highest BCUT2D eigenvalue weighted by molar-refractivity contribution is 6.35. The van der Waals surface area contributed by atoms with E-state index in [9.17, 15) is 8.78 Å². The molecule has 0 radical (unpaired) electrons. The maximum atomic E-state index is 14.3. The van der Waals surface area contributed by atoms with Gasteiger partial charge in [-0.25, -0.2) is 8.78 Å². The molecule has 2 N–H and O–H groups in total. The maximum absolute atomic E-state index is 14.3. The lowest BCUT2D eigenvalue weighted by Crippen LogP contribution is -2.20. The van der Waals surface area contributed by atoms with Gasteiger partial charge in [0.15, 0.2) is 0 Å². The molecule has 3 nitrogen and oxygen atoms in total. The summed E-state index contributed by atoms with van der Waals surface area (Å²) in [4.78, 5) is 0. The van der Waals surface area contributed by atoms with E-state index in [1.165, 1.54) is 0 Å². The van der Waals surface area contributed by atoms with Gasteiger partial charge >= 0.3 is 0 Å². The molecule has 0 saturated carbocycles. The second-order valence-corrected chi connectivity index (χ2v) is 6.28. The van der Waals surface area contributed by atoms with Gasteiger partial charge < -0.3 is 5.73 Å². The van der Waals surface area contributed by atoms with Crippen molar-refractivity contribution in [2.24, 2.45) is 5.73 Å². The van der Waals surface area contributed by atoms with Crippen molar-refractivity contribution in [2.75, 3.05) is 6.54 Å². The van der Waals surface area contributed by atoms with E-state index in [2.05, 4.69) is 5.10 Å². The summed E-state index contributed by atoms with van der Waals surface area (Å²) >= 11 is 12.1. The number of allylic oxidation sites excluding steroid dienone is 1. The van der Waals surface area contributed by atoms with E-state index < -0.39 is 12.0 Å². The van der Waals surface area contributed by atoms with Crippen LogP contribution in [0.4, 0.5) is 8.78 Å². The second-order valence-electron chi connectivity index (χ2n) is 5.44. The van der Waals surface area contributed by atoms with Crippen molar-refractivity contribution in [2.45, 2.75) is 25.6 Å². The van der Waals surface area contributed by atoms with Gasteiger partial charge in [0, 0.05) is 22.2 Å². The minimum Gasteiger partial charge on any atom is -0.325 e. The number of rotatable bonds is 3. The number of hydrogen-bond donors (Lipinski definition) is 1. The molecule has 122 valence electrons. The molecule has 1 aliphatic rings. The fraction of sp³-hybridized carbons (Fsp3) is 0.312. The molecule has 0 amide bonds. The van der Waals surface area contributed by atoms with Crippen LogP contribution in [-0.4, -0.2) is 22.5 Å². The van der Waals surface area contributed by atoms with Crippen molar-refractivity contribution in [3.05, 3.63) is 57.1 Å². The molecule has 1 heterocycles. The van der Waals surface area contributed by atoms with Crippen LogP contribution in [0.2, 0.25) is 10.0 Å². The van der Waals surface area contributed by atoms with Gasteiger partial charge in [-0.1, -0.05) is 29.3 Å². The Labute approximate surface area is 142 Å². The molecule has 0 saturated heterocycles. The van der Waals surface area contributed by atoms with Crippen molar-refractivity contribution in [1.82, 2.24) is 9.78 Å². The van der Waals surface area contributed by atoms with Gasteiger partial charge in [0.05, 0.1) is 18.4 Å². The summed E-state index contributed by atoms with van der Waals surface area (Å²) in [5.41, 5.74) is 7.45. The number of alkyl halides is 1. The summed E-state index contributed by atoms with van der Waals surface area (Å²) < 4.78 is 29.9. The van der Waals surface area contributed by atoms with Crippen LogP contribution in [0.5, 0.6) is 0 Å². The highest BCUT2D eigenvalue weighted by atomic mass is 35.5. The number of nitrogens with two attached hydrogens (primary N) is 1. The Hall–Kier alpha value is -1.43. The molecule has 1 aliphatic carbocycles. The molecule has 0 bridgehead atoms. The zero-order valence-electron chi connectivity index (χ0n) is 12.2. The SMILES string of the molecule is NC/C(F)=C1/c2c(cnn2Cc2ccc(Cl)cc2Cl)CCC1F. The van der Waals surface area contributed by atoms with Gasteiger partial charge in [0.1, 0.15) is 12.0 Å². The van der Waals surface area contributed by atoms with E-state index in [0.717, 1.165) is 11.1 Å². The van der Waals surface area contributed by atoms with Crippen LogP contribution in [0, 0.1) is 0 Å². The summed E-state index contributed by atoms with van der Waals surface area (Å²) in [6, 6.07) is 5.12. The van der Waals surface area contributed by atoms with Crippen LogP contribution in [0.15, 0.2) is 30.2 Å². The summed E-state index contributed by atoms with van der Waals surface area (Å²) in [5, 5.41) is 5.29. The molecule has 7 heteroatoms. The second kappa shape index (κ2) is 6.59. The van der Waals surface area contributed by atoms with Crippen molar-refractivity contribution < 1.29 is 8.78 Å². The number of hydrogen-bond acceptors (Lipinski definition) is 2. The van der Waals surface area contributed by atoms with Crippen molar-refractivity contribution in [3.8, 4) is 0 Å². The van der Waals surface area contributed by atoms with Crippen LogP contribution in [-0.2, 0) is 13.0 Å². The highest BCUT2D eigenvalue weighted by Crippen LogP contribution is 2.36. The number of halogens is 4. The lowest BCUT2D eigenvalue weighted by Gasteiger charge is -2.22. The fourth-order valence-corrected chi connectivity index (χ4v) is 3.30. The minimum atomic E-state index is -1.37. The maximum Gasteiger partial charge on any atom is 0.130 e. The third-order valence-electron chi connectivity index (χ3n) is 3.96. The Morgan fingerprint density at radius 1 is 1.39 bits per heavy atom. The molecule has 2 aromatic rings. The minimum absolute atomic E-state index is 0.0105. The number of aryl methyl sites for hydroxylation is 1. The first-order chi connectivity index (χ1) is 11.0. The van der Waals surface area contributed by atoms with E-state index in [0.29, 0.717) is 28.7 Å². The Kier molecular flexibility index (Phi) is 4.71.